The molecule has 2 aromatic carbocycles. The summed E-state index contributed by atoms with van der Waals surface area (Å²) in [6.45, 7) is 0.356. The number of nitrogens with two attached hydrogens (primary N) is 1. The van der Waals surface area contributed by atoms with E-state index in [0.717, 1.165) is 11.3 Å². The third-order valence-corrected chi connectivity index (χ3v) is 4.61. The minimum absolute atomic E-state index is 0.0325. The Balaban J connectivity index is 1.87. The van der Waals surface area contributed by atoms with Gasteiger partial charge in [-0.2, -0.15) is 0 Å². The van der Waals surface area contributed by atoms with Gasteiger partial charge in [0, 0.05) is 18.3 Å². The molecule has 2 aromatic rings. The first kappa shape index (κ1) is 17.9. The van der Waals surface area contributed by atoms with Crippen molar-refractivity contribution in [1.82, 2.24) is 4.90 Å². The zero-order valence-corrected chi connectivity index (χ0v) is 14.8. The summed E-state index contributed by atoms with van der Waals surface area (Å²) >= 11 is 0. The Bertz CT molecular complexity index is 779. The van der Waals surface area contributed by atoms with Gasteiger partial charge in [0.05, 0.1) is 19.7 Å². The molecule has 1 fully saturated rings. The van der Waals surface area contributed by atoms with Crippen LogP contribution in [0.15, 0.2) is 54.6 Å². The number of piperazine rings is 1. The van der Waals surface area contributed by atoms with E-state index in [1.807, 2.05) is 54.6 Å². The Labute approximate surface area is 153 Å². The maximum atomic E-state index is 12.7. The van der Waals surface area contributed by atoms with E-state index in [1.54, 1.807) is 16.9 Å². The summed E-state index contributed by atoms with van der Waals surface area (Å²) in [6, 6.07) is 17.2. The molecule has 1 atom stereocenters. The molecule has 0 unspecified atom stereocenters. The molecule has 0 saturated carbocycles. The fourth-order valence-corrected chi connectivity index (χ4v) is 3.27. The maximum Gasteiger partial charge on any atom is 0.246 e. The number of rotatable bonds is 5. The molecule has 1 saturated heterocycles. The lowest BCUT2D eigenvalue weighted by molar-refractivity contribution is -0.138. The highest BCUT2D eigenvalue weighted by Crippen LogP contribution is 2.25. The van der Waals surface area contributed by atoms with Gasteiger partial charge >= 0.3 is 0 Å². The topological polar surface area (TPSA) is 75.9 Å². The summed E-state index contributed by atoms with van der Waals surface area (Å²) in [6.07, 6.45) is 0.667. The molecule has 1 aliphatic heterocycles. The Hall–Kier alpha value is -2.86. The van der Waals surface area contributed by atoms with Crippen molar-refractivity contribution in [3.05, 3.63) is 60.2 Å². The number of hydrogen-bond acceptors (Lipinski definition) is 4. The van der Waals surface area contributed by atoms with E-state index in [9.17, 15) is 9.59 Å². The van der Waals surface area contributed by atoms with Crippen molar-refractivity contribution in [3.8, 4) is 5.75 Å². The smallest absolute Gasteiger partial charge is 0.246 e. The SMILES string of the molecule is COc1cccc(N2C[C@H](Cc3ccccc3)N(C(=O)CN)CC2=O)c1. The molecule has 3 rings (SSSR count). The van der Waals surface area contributed by atoms with Crippen LogP contribution in [0.25, 0.3) is 0 Å². The second-order valence-electron chi connectivity index (χ2n) is 6.28. The first-order chi connectivity index (χ1) is 12.6. The maximum absolute atomic E-state index is 12.7. The Kier molecular flexibility index (Phi) is 5.53. The summed E-state index contributed by atoms with van der Waals surface area (Å²) in [7, 11) is 1.59. The Morgan fingerprint density at radius 3 is 2.65 bits per heavy atom. The van der Waals surface area contributed by atoms with Gasteiger partial charge in [0.25, 0.3) is 0 Å². The number of methoxy groups -OCH3 is 1. The minimum Gasteiger partial charge on any atom is -0.497 e. The van der Waals surface area contributed by atoms with Crippen molar-refractivity contribution in [2.45, 2.75) is 12.5 Å². The average molecular weight is 353 g/mol. The summed E-state index contributed by atoms with van der Waals surface area (Å²) in [5.41, 5.74) is 7.44. The van der Waals surface area contributed by atoms with Gasteiger partial charge < -0.3 is 20.3 Å². The zero-order chi connectivity index (χ0) is 18.5. The highest BCUT2D eigenvalue weighted by Gasteiger charge is 2.35. The molecule has 26 heavy (non-hydrogen) atoms. The van der Waals surface area contributed by atoms with Gasteiger partial charge in [-0.05, 0) is 24.1 Å². The van der Waals surface area contributed by atoms with Gasteiger partial charge in [0.1, 0.15) is 12.3 Å². The Morgan fingerprint density at radius 2 is 1.96 bits per heavy atom. The van der Waals surface area contributed by atoms with Crippen LogP contribution < -0.4 is 15.4 Å². The van der Waals surface area contributed by atoms with E-state index in [4.69, 9.17) is 10.5 Å². The lowest BCUT2D eigenvalue weighted by atomic mass is 10.0. The van der Waals surface area contributed by atoms with Gasteiger partial charge in [0.2, 0.25) is 11.8 Å². The van der Waals surface area contributed by atoms with Crippen molar-refractivity contribution < 1.29 is 14.3 Å². The largest absolute Gasteiger partial charge is 0.497 e. The van der Waals surface area contributed by atoms with Crippen molar-refractivity contribution in [1.29, 1.82) is 0 Å². The second kappa shape index (κ2) is 8.01. The van der Waals surface area contributed by atoms with Crippen LogP contribution >= 0.6 is 0 Å². The first-order valence-electron chi connectivity index (χ1n) is 8.60. The summed E-state index contributed by atoms with van der Waals surface area (Å²) < 4.78 is 5.26. The van der Waals surface area contributed by atoms with Gasteiger partial charge in [-0.25, -0.2) is 0 Å². The van der Waals surface area contributed by atoms with Crippen molar-refractivity contribution in [2.75, 3.05) is 31.6 Å². The highest BCUT2D eigenvalue weighted by molar-refractivity contribution is 5.98. The van der Waals surface area contributed by atoms with Crippen molar-refractivity contribution in [2.24, 2.45) is 5.73 Å². The van der Waals surface area contributed by atoms with E-state index in [2.05, 4.69) is 0 Å². The van der Waals surface area contributed by atoms with Gasteiger partial charge in [-0.1, -0.05) is 36.4 Å². The molecule has 2 N–H and O–H groups in total. The van der Waals surface area contributed by atoms with Crippen LogP contribution in [0.2, 0.25) is 0 Å². The highest BCUT2D eigenvalue weighted by atomic mass is 16.5. The average Bonchev–Trinajstić information content (AvgIpc) is 2.69. The van der Waals surface area contributed by atoms with Crippen molar-refractivity contribution in [3.63, 3.8) is 0 Å². The predicted octanol–water partition coefficient (Wildman–Crippen LogP) is 1.44. The molecule has 2 amide bonds. The molecule has 6 nitrogen and oxygen atoms in total. The number of anilines is 1. The molecule has 6 heteroatoms. The summed E-state index contributed by atoms with van der Waals surface area (Å²) in [5, 5.41) is 0. The Morgan fingerprint density at radius 1 is 1.19 bits per heavy atom. The van der Waals surface area contributed by atoms with Crippen molar-refractivity contribution >= 4 is 17.5 Å². The molecule has 0 spiro atoms. The summed E-state index contributed by atoms with van der Waals surface area (Å²) in [4.78, 5) is 28.3. The number of ether oxygens (including phenoxy) is 1. The van der Waals surface area contributed by atoms with Gasteiger partial charge in [-0.15, -0.1) is 0 Å². The lowest BCUT2D eigenvalue weighted by Gasteiger charge is -2.41. The standard InChI is InChI=1S/C20H23N3O3/c1-26-18-9-5-8-16(11-18)22-13-17(10-15-6-3-2-4-7-15)23(14-20(22)25)19(24)12-21/h2-9,11,17H,10,12-14,21H2,1H3/t17-/m0/s1. The molecule has 0 aromatic heterocycles. The van der Waals surface area contributed by atoms with E-state index >= 15 is 0 Å². The van der Waals surface area contributed by atoms with Crippen LogP contribution in [0, 0.1) is 0 Å². The number of benzene rings is 2. The summed E-state index contributed by atoms with van der Waals surface area (Å²) in [5.74, 6) is 0.365. The zero-order valence-electron chi connectivity index (χ0n) is 14.8. The number of amides is 2. The third-order valence-electron chi connectivity index (χ3n) is 4.61. The number of hydrogen-bond donors (Lipinski definition) is 1. The molecular weight excluding hydrogens is 330 g/mol. The van der Waals surface area contributed by atoms with Crippen LogP contribution in [0.1, 0.15) is 5.56 Å². The van der Waals surface area contributed by atoms with Crippen LogP contribution in [0.4, 0.5) is 5.69 Å². The van der Waals surface area contributed by atoms with Gasteiger partial charge in [-0.3, -0.25) is 9.59 Å². The molecule has 136 valence electrons. The van der Waals surface area contributed by atoms with Crippen LogP contribution in [-0.2, 0) is 16.0 Å². The number of nitrogens with zero attached hydrogens (tertiary/aromatic N) is 2. The fourth-order valence-electron chi connectivity index (χ4n) is 3.27. The van der Waals surface area contributed by atoms with E-state index in [0.29, 0.717) is 18.7 Å². The van der Waals surface area contributed by atoms with Crippen LogP contribution in [0.5, 0.6) is 5.75 Å². The molecule has 0 aliphatic carbocycles. The molecule has 0 radical (unpaired) electrons. The first-order valence-corrected chi connectivity index (χ1v) is 8.60. The van der Waals surface area contributed by atoms with E-state index in [1.165, 1.54) is 0 Å². The third kappa shape index (κ3) is 3.86. The molecule has 1 aliphatic rings. The van der Waals surface area contributed by atoms with Gasteiger partial charge in [0.15, 0.2) is 0 Å². The monoisotopic (exact) mass is 353 g/mol. The number of carbonyl (C=O) groups excluding carboxylic acids is 2. The normalized spacial score (nSPS) is 17.3. The molecular formula is C20H23N3O3. The molecule has 0 bridgehead atoms. The van der Waals surface area contributed by atoms with E-state index in [-0.39, 0.29) is 30.9 Å². The van der Waals surface area contributed by atoms with Crippen LogP contribution in [0.3, 0.4) is 0 Å². The fraction of sp³-hybridized carbons (Fsp3) is 0.300. The predicted molar refractivity (Wildman–Crippen MR) is 100 cm³/mol. The van der Waals surface area contributed by atoms with E-state index < -0.39 is 0 Å². The number of carbonyl (C=O) groups is 2. The minimum atomic E-state index is -0.204. The molecule has 1 heterocycles. The van der Waals surface area contributed by atoms with Crippen LogP contribution in [-0.4, -0.2) is 49.5 Å². The lowest BCUT2D eigenvalue weighted by Crippen LogP contribution is -2.60. The quantitative estimate of drug-likeness (QED) is 0.883. The second-order valence-corrected chi connectivity index (χ2v) is 6.28.